The van der Waals surface area contributed by atoms with Crippen molar-refractivity contribution in [1.82, 2.24) is 15.5 Å². The van der Waals surface area contributed by atoms with Gasteiger partial charge in [-0.2, -0.15) is 0 Å². The van der Waals surface area contributed by atoms with E-state index in [1.807, 2.05) is 14.0 Å². The van der Waals surface area contributed by atoms with E-state index in [4.69, 9.17) is 5.11 Å². The number of rotatable bonds is 5. The molecule has 1 heterocycles. The number of hydrogen-bond acceptors (Lipinski definition) is 3. The lowest BCUT2D eigenvalue weighted by Crippen LogP contribution is -2.49. The number of hydrogen-bond donors (Lipinski definition) is 3. The maximum atomic E-state index is 11.6. The van der Waals surface area contributed by atoms with E-state index in [0.29, 0.717) is 6.42 Å². The fraction of sp³-hybridized carbons (Fsp3) is 0.818. The SMILES string of the molecule is CCCC(NC(=O)NC1CCN(C)C1)C(=O)O. The van der Waals surface area contributed by atoms with E-state index in [1.54, 1.807) is 0 Å². The molecule has 0 aromatic rings. The van der Waals surface area contributed by atoms with Crippen molar-refractivity contribution in [3.05, 3.63) is 0 Å². The van der Waals surface area contributed by atoms with Gasteiger partial charge in [-0.3, -0.25) is 0 Å². The van der Waals surface area contributed by atoms with Crippen molar-refractivity contribution in [2.75, 3.05) is 20.1 Å². The van der Waals surface area contributed by atoms with Crippen LogP contribution in [0.4, 0.5) is 4.79 Å². The zero-order valence-corrected chi connectivity index (χ0v) is 10.4. The Labute approximate surface area is 101 Å². The van der Waals surface area contributed by atoms with Crippen LogP contribution in [0.1, 0.15) is 26.2 Å². The third-order valence-corrected chi connectivity index (χ3v) is 2.91. The molecular formula is C11H21N3O3. The molecule has 1 rings (SSSR count). The molecule has 6 nitrogen and oxygen atoms in total. The Morgan fingerprint density at radius 3 is 2.71 bits per heavy atom. The Kier molecular flexibility index (Phi) is 5.21. The van der Waals surface area contributed by atoms with Gasteiger partial charge in [-0.15, -0.1) is 0 Å². The Morgan fingerprint density at radius 2 is 2.24 bits per heavy atom. The van der Waals surface area contributed by atoms with Crippen LogP contribution >= 0.6 is 0 Å². The maximum Gasteiger partial charge on any atom is 0.326 e. The highest BCUT2D eigenvalue weighted by molar-refractivity contribution is 5.82. The van der Waals surface area contributed by atoms with E-state index in [1.165, 1.54) is 0 Å². The monoisotopic (exact) mass is 243 g/mol. The van der Waals surface area contributed by atoms with Crippen LogP contribution in [0.15, 0.2) is 0 Å². The smallest absolute Gasteiger partial charge is 0.326 e. The highest BCUT2D eigenvalue weighted by atomic mass is 16.4. The van der Waals surface area contributed by atoms with Crippen molar-refractivity contribution in [2.24, 2.45) is 0 Å². The molecule has 1 saturated heterocycles. The first-order valence-corrected chi connectivity index (χ1v) is 6.01. The quantitative estimate of drug-likeness (QED) is 0.646. The summed E-state index contributed by atoms with van der Waals surface area (Å²) in [6.07, 6.45) is 2.09. The topological polar surface area (TPSA) is 81.7 Å². The minimum Gasteiger partial charge on any atom is -0.480 e. The predicted molar refractivity (Wildman–Crippen MR) is 63.9 cm³/mol. The molecule has 0 aromatic heterocycles. The lowest BCUT2D eigenvalue weighted by Gasteiger charge is -2.17. The minimum absolute atomic E-state index is 0.121. The van der Waals surface area contributed by atoms with Crippen LogP contribution in [0, 0.1) is 0 Å². The Bertz CT molecular complexity index is 283. The number of carboxylic acids is 1. The van der Waals surface area contributed by atoms with Gasteiger partial charge >= 0.3 is 12.0 Å². The maximum absolute atomic E-state index is 11.6. The first kappa shape index (κ1) is 13.8. The molecule has 98 valence electrons. The lowest BCUT2D eigenvalue weighted by molar-refractivity contribution is -0.139. The summed E-state index contributed by atoms with van der Waals surface area (Å²) in [5, 5.41) is 14.2. The first-order valence-electron chi connectivity index (χ1n) is 6.01. The van der Waals surface area contributed by atoms with Gasteiger partial charge in [0.15, 0.2) is 0 Å². The molecule has 3 N–H and O–H groups in total. The number of carboxylic acid groups (broad SMARTS) is 1. The molecule has 1 fully saturated rings. The Morgan fingerprint density at radius 1 is 1.53 bits per heavy atom. The van der Waals surface area contributed by atoms with Crippen molar-refractivity contribution < 1.29 is 14.7 Å². The van der Waals surface area contributed by atoms with Gasteiger partial charge in [0.1, 0.15) is 6.04 Å². The summed E-state index contributed by atoms with van der Waals surface area (Å²) in [6.45, 7) is 3.67. The lowest BCUT2D eigenvalue weighted by atomic mass is 10.2. The zero-order valence-electron chi connectivity index (χ0n) is 10.4. The van der Waals surface area contributed by atoms with Crippen molar-refractivity contribution in [3.63, 3.8) is 0 Å². The molecule has 2 amide bonds. The Balaban J connectivity index is 2.34. The van der Waals surface area contributed by atoms with Gasteiger partial charge in [-0.25, -0.2) is 9.59 Å². The summed E-state index contributed by atoms with van der Waals surface area (Å²) in [7, 11) is 2.00. The molecular weight excluding hydrogens is 222 g/mol. The molecule has 0 aromatic carbocycles. The number of amides is 2. The molecule has 0 aliphatic carbocycles. The summed E-state index contributed by atoms with van der Waals surface area (Å²) in [4.78, 5) is 24.6. The third-order valence-electron chi connectivity index (χ3n) is 2.91. The number of likely N-dealkylation sites (N-methyl/N-ethyl adjacent to an activating group) is 1. The third kappa shape index (κ3) is 4.60. The van der Waals surface area contributed by atoms with E-state index in [2.05, 4.69) is 15.5 Å². The van der Waals surface area contributed by atoms with E-state index in [9.17, 15) is 9.59 Å². The predicted octanol–water partition coefficient (Wildman–Crippen LogP) is 0.243. The summed E-state index contributed by atoms with van der Waals surface area (Å²) >= 11 is 0. The molecule has 0 radical (unpaired) electrons. The number of nitrogens with zero attached hydrogens (tertiary/aromatic N) is 1. The summed E-state index contributed by atoms with van der Waals surface area (Å²) in [5.41, 5.74) is 0. The summed E-state index contributed by atoms with van der Waals surface area (Å²) in [6, 6.07) is -1.05. The summed E-state index contributed by atoms with van der Waals surface area (Å²) < 4.78 is 0. The van der Waals surface area contributed by atoms with Crippen molar-refractivity contribution in [2.45, 2.75) is 38.3 Å². The van der Waals surface area contributed by atoms with Crippen LogP contribution in [0.2, 0.25) is 0 Å². The van der Waals surface area contributed by atoms with Crippen molar-refractivity contribution >= 4 is 12.0 Å². The highest BCUT2D eigenvalue weighted by Gasteiger charge is 2.23. The van der Waals surface area contributed by atoms with Crippen molar-refractivity contribution in [1.29, 1.82) is 0 Å². The van der Waals surface area contributed by atoms with Crippen molar-refractivity contribution in [3.8, 4) is 0 Å². The molecule has 0 saturated carbocycles. The number of nitrogens with one attached hydrogen (secondary N) is 2. The summed E-state index contributed by atoms with van der Waals surface area (Å²) in [5.74, 6) is -0.981. The van der Waals surface area contributed by atoms with E-state index >= 15 is 0 Å². The molecule has 0 spiro atoms. The number of carbonyl (C=O) groups is 2. The van der Waals surface area contributed by atoms with Crippen LogP contribution in [0.5, 0.6) is 0 Å². The van der Waals surface area contributed by atoms with Gasteiger partial charge in [0.2, 0.25) is 0 Å². The van der Waals surface area contributed by atoms with Gasteiger partial charge in [0.05, 0.1) is 0 Å². The highest BCUT2D eigenvalue weighted by Crippen LogP contribution is 2.06. The number of likely N-dealkylation sites (tertiary alicyclic amines) is 1. The fourth-order valence-corrected chi connectivity index (χ4v) is 1.98. The van der Waals surface area contributed by atoms with Gasteiger partial charge in [0.25, 0.3) is 0 Å². The molecule has 6 heteroatoms. The molecule has 2 atom stereocenters. The molecule has 0 bridgehead atoms. The van der Waals surface area contributed by atoms with E-state index in [0.717, 1.165) is 25.9 Å². The molecule has 17 heavy (non-hydrogen) atoms. The first-order chi connectivity index (χ1) is 8.02. The second kappa shape index (κ2) is 6.44. The number of carbonyl (C=O) groups excluding carboxylic acids is 1. The zero-order chi connectivity index (χ0) is 12.8. The van der Waals surface area contributed by atoms with Crippen LogP contribution in [0.3, 0.4) is 0 Å². The van der Waals surface area contributed by atoms with Gasteiger partial charge in [-0.1, -0.05) is 13.3 Å². The average Bonchev–Trinajstić information content (AvgIpc) is 2.63. The minimum atomic E-state index is -0.981. The van der Waals surface area contributed by atoms with Crippen LogP contribution in [-0.2, 0) is 4.79 Å². The van der Waals surface area contributed by atoms with Crippen LogP contribution < -0.4 is 10.6 Å². The van der Waals surface area contributed by atoms with E-state index in [-0.39, 0.29) is 12.1 Å². The van der Waals surface area contributed by atoms with Gasteiger partial charge < -0.3 is 20.6 Å². The standard InChI is InChI=1S/C11H21N3O3/c1-3-4-9(10(15)16)13-11(17)12-8-5-6-14(2)7-8/h8-9H,3-7H2,1-2H3,(H,15,16)(H2,12,13,17). The molecule has 1 aliphatic heterocycles. The van der Waals surface area contributed by atoms with Crippen LogP contribution in [0.25, 0.3) is 0 Å². The second-order valence-electron chi connectivity index (χ2n) is 4.55. The number of urea groups is 1. The second-order valence-corrected chi connectivity index (χ2v) is 4.55. The normalized spacial score (nSPS) is 22.1. The fourth-order valence-electron chi connectivity index (χ4n) is 1.98. The van der Waals surface area contributed by atoms with Gasteiger partial charge in [-0.05, 0) is 26.4 Å². The molecule has 1 aliphatic rings. The average molecular weight is 243 g/mol. The van der Waals surface area contributed by atoms with Gasteiger partial charge in [0, 0.05) is 12.6 Å². The number of aliphatic carboxylic acids is 1. The largest absolute Gasteiger partial charge is 0.480 e. The molecule has 2 unspecified atom stereocenters. The van der Waals surface area contributed by atoms with Crippen LogP contribution in [-0.4, -0.2) is 54.2 Å². The van der Waals surface area contributed by atoms with E-state index < -0.39 is 12.0 Å². The Hall–Kier alpha value is -1.30.